The SMILES string of the molecule is CCCCCCC(C[c-]1cccc1)(C(C)=O)C(=O)OC.[Fe+2].c1cc[cH-]c1. The zero-order valence-electron chi connectivity index (χ0n) is 16.0. The molecule has 3 nitrogen and oxygen atoms in total. The summed E-state index contributed by atoms with van der Waals surface area (Å²) in [5.41, 5.74) is -0.00212. The van der Waals surface area contributed by atoms with Crippen LogP contribution in [-0.4, -0.2) is 18.9 Å². The van der Waals surface area contributed by atoms with Crippen molar-refractivity contribution >= 4 is 11.8 Å². The molecule has 0 bridgehead atoms. The molecule has 0 fully saturated rings. The molecular formula is C22H30FeO3. The maximum Gasteiger partial charge on any atom is 2.00 e. The second-order valence-corrected chi connectivity index (χ2v) is 6.37. The number of esters is 1. The number of carbonyl (C=O) groups is 2. The summed E-state index contributed by atoms with van der Waals surface area (Å²) in [5.74, 6) is -0.496. The Morgan fingerprint density at radius 1 is 1.04 bits per heavy atom. The average Bonchev–Trinajstić information content (AvgIpc) is 3.32. The topological polar surface area (TPSA) is 43.4 Å². The molecule has 2 aromatic carbocycles. The fourth-order valence-electron chi connectivity index (χ4n) is 2.96. The first-order chi connectivity index (χ1) is 12.1. The van der Waals surface area contributed by atoms with E-state index in [0.717, 1.165) is 31.2 Å². The van der Waals surface area contributed by atoms with Crippen LogP contribution in [0.2, 0.25) is 0 Å². The smallest absolute Gasteiger partial charge is 0.468 e. The van der Waals surface area contributed by atoms with Gasteiger partial charge in [-0.3, -0.25) is 9.59 Å². The predicted octanol–water partition coefficient (Wildman–Crippen LogP) is 5.07. The summed E-state index contributed by atoms with van der Waals surface area (Å²) in [6.07, 6.45) is 5.20. The third-order valence-corrected chi connectivity index (χ3v) is 4.50. The third-order valence-electron chi connectivity index (χ3n) is 4.50. The fraction of sp³-hybridized carbons (Fsp3) is 0.455. The van der Waals surface area contributed by atoms with E-state index in [0.29, 0.717) is 12.8 Å². The first-order valence-electron chi connectivity index (χ1n) is 9.03. The Bertz CT molecular complexity index is 570. The van der Waals surface area contributed by atoms with E-state index in [9.17, 15) is 9.59 Å². The van der Waals surface area contributed by atoms with Crippen LogP contribution < -0.4 is 0 Å². The summed E-state index contributed by atoms with van der Waals surface area (Å²) in [6.45, 7) is 3.64. The average molecular weight is 398 g/mol. The summed E-state index contributed by atoms with van der Waals surface area (Å²) < 4.78 is 4.92. The number of ether oxygens (including phenoxy) is 1. The van der Waals surface area contributed by atoms with Gasteiger partial charge in [0, 0.05) is 0 Å². The van der Waals surface area contributed by atoms with Crippen LogP contribution in [0.4, 0.5) is 0 Å². The quantitative estimate of drug-likeness (QED) is 0.195. The van der Waals surface area contributed by atoms with Gasteiger partial charge in [0.2, 0.25) is 0 Å². The van der Waals surface area contributed by atoms with Crippen LogP contribution in [0.15, 0.2) is 54.6 Å². The molecule has 26 heavy (non-hydrogen) atoms. The van der Waals surface area contributed by atoms with Gasteiger partial charge in [0.25, 0.3) is 0 Å². The van der Waals surface area contributed by atoms with E-state index < -0.39 is 11.4 Å². The molecule has 0 aliphatic carbocycles. The molecule has 0 saturated carbocycles. The number of unbranched alkanes of at least 4 members (excludes halogenated alkanes) is 3. The number of methoxy groups -OCH3 is 1. The van der Waals surface area contributed by atoms with Gasteiger partial charge in [0.15, 0.2) is 0 Å². The minimum atomic E-state index is -1.02. The van der Waals surface area contributed by atoms with E-state index in [-0.39, 0.29) is 22.9 Å². The van der Waals surface area contributed by atoms with Crippen LogP contribution in [0.1, 0.15) is 51.5 Å². The molecule has 0 amide bonds. The predicted molar refractivity (Wildman–Crippen MR) is 102 cm³/mol. The summed E-state index contributed by atoms with van der Waals surface area (Å²) in [5, 5.41) is 0. The maximum atomic E-state index is 12.2. The molecule has 2 aromatic rings. The van der Waals surface area contributed by atoms with Gasteiger partial charge in [-0.15, -0.1) is 0 Å². The Morgan fingerprint density at radius 2 is 1.65 bits per heavy atom. The van der Waals surface area contributed by atoms with Crippen molar-refractivity contribution in [1.29, 1.82) is 0 Å². The van der Waals surface area contributed by atoms with E-state index >= 15 is 0 Å². The van der Waals surface area contributed by atoms with Gasteiger partial charge in [-0.25, -0.2) is 24.3 Å². The molecule has 0 spiro atoms. The van der Waals surface area contributed by atoms with Crippen molar-refractivity contribution in [3.63, 3.8) is 0 Å². The number of rotatable bonds is 9. The molecule has 4 heteroatoms. The van der Waals surface area contributed by atoms with Gasteiger partial charge in [0.05, 0.1) is 7.11 Å². The van der Waals surface area contributed by atoms with Crippen LogP contribution in [-0.2, 0) is 37.8 Å². The van der Waals surface area contributed by atoms with Gasteiger partial charge in [0.1, 0.15) is 11.2 Å². The van der Waals surface area contributed by atoms with Gasteiger partial charge >= 0.3 is 23.0 Å². The van der Waals surface area contributed by atoms with Gasteiger partial charge in [-0.1, -0.05) is 39.0 Å². The number of carbonyl (C=O) groups excluding carboxylic acids is 2. The Morgan fingerprint density at radius 3 is 2.08 bits per heavy atom. The molecule has 0 aliphatic rings. The standard InChI is InChI=1S/C17H25O3.C5H5.Fe/c1-4-5-6-9-12-17(14(2)18,16(19)20-3)13-15-10-7-8-11-15;1-2-4-5-3-1;/h7-8,10-11H,4-6,9,12-13H2,1-3H3;1-5H;/q2*-1;+2. The molecule has 0 aliphatic heterocycles. The monoisotopic (exact) mass is 398 g/mol. The zero-order chi connectivity index (χ0) is 18.5. The summed E-state index contributed by atoms with van der Waals surface area (Å²) in [7, 11) is 1.36. The first kappa shape index (κ1) is 24.4. The van der Waals surface area contributed by atoms with Gasteiger partial charge in [-0.05, 0) is 13.3 Å². The van der Waals surface area contributed by atoms with Gasteiger partial charge in [-0.2, -0.15) is 35.9 Å². The first-order valence-corrected chi connectivity index (χ1v) is 9.03. The number of ketones is 1. The Labute approximate surface area is 168 Å². The molecular weight excluding hydrogens is 368 g/mol. The molecule has 1 atom stereocenters. The van der Waals surface area contributed by atoms with Crippen LogP contribution in [0, 0.1) is 5.41 Å². The maximum absolute atomic E-state index is 12.2. The van der Waals surface area contributed by atoms with E-state index in [1.165, 1.54) is 14.0 Å². The Kier molecular flexibility index (Phi) is 12.7. The van der Waals surface area contributed by atoms with E-state index in [1.807, 2.05) is 54.6 Å². The van der Waals surface area contributed by atoms with Crippen LogP contribution in [0.5, 0.6) is 0 Å². The minimum Gasteiger partial charge on any atom is -0.468 e. The van der Waals surface area contributed by atoms with Crippen molar-refractivity contribution in [2.45, 2.75) is 52.4 Å². The van der Waals surface area contributed by atoms with Crippen molar-refractivity contribution in [3.8, 4) is 0 Å². The van der Waals surface area contributed by atoms with Crippen molar-refractivity contribution < 1.29 is 31.4 Å². The minimum absolute atomic E-state index is 0. The molecule has 2 rings (SSSR count). The van der Waals surface area contributed by atoms with Crippen LogP contribution in [0.25, 0.3) is 0 Å². The summed E-state index contributed by atoms with van der Waals surface area (Å²) in [4.78, 5) is 24.4. The summed E-state index contributed by atoms with van der Waals surface area (Å²) in [6, 6.07) is 17.8. The third kappa shape index (κ3) is 7.72. The number of hydrogen-bond donors (Lipinski definition) is 0. The normalized spacial score (nSPS) is 12.1. The fourth-order valence-corrected chi connectivity index (χ4v) is 2.96. The van der Waals surface area contributed by atoms with Crippen LogP contribution >= 0.6 is 0 Å². The molecule has 0 aromatic heterocycles. The van der Waals surface area contributed by atoms with Crippen molar-refractivity contribution in [2.24, 2.45) is 5.41 Å². The van der Waals surface area contributed by atoms with Gasteiger partial charge < -0.3 is 4.74 Å². The van der Waals surface area contributed by atoms with Crippen molar-refractivity contribution in [1.82, 2.24) is 0 Å². The molecule has 144 valence electrons. The van der Waals surface area contributed by atoms with Crippen molar-refractivity contribution in [2.75, 3.05) is 7.11 Å². The van der Waals surface area contributed by atoms with E-state index in [1.54, 1.807) is 0 Å². The second kappa shape index (κ2) is 13.5. The van der Waals surface area contributed by atoms with E-state index in [2.05, 4.69) is 6.92 Å². The molecule has 0 N–H and O–H groups in total. The van der Waals surface area contributed by atoms with Crippen LogP contribution in [0.3, 0.4) is 0 Å². The number of hydrogen-bond acceptors (Lipinski definition) is 3. The molecule has 0 saturated heterocycles. The second-order valence-electron chi connectivity index (χ2n) is 6.37. The largest absolute Gasteiger partial charge is 2.00 e. The zero-order valence-corrected chi connectivity index (χ0v) is 17.1. The Hall–Kier alpha value is -1.64. The Balaban J connectivity index is 0.000000893. The summed E-state index contributed by atoms with van der Waals surface area (Å²) >= 11 is 0. The number of Topliss-reactive ketones (excluding diaryl/α,β-unsaturated/α-hetero) is 1. The molecule has 1 unspecified atom stereocenters. The molecule has 0 radical (unpaired) electrons. The van der Waals surface area contributed by atoms with E-state index in [4.69, 9.17) is 4.74 Å². The van der Waals surface area contributed by atoms with Crippen molar-refractivity contribution in [3.05, 3.63) is 60.2 Å². The molecule has 0 heterocycles.